The van der Waals surface area contributed by atoms with Crippen LogP contribution in [0.15, 0.2) is 29.6 Å². The third-order valence-electron chi connectivity index (χ3n) is 2.29. The largest absolute Gasteiger partial charge is 0.504 e. The van der Waals surface area contributed by atoms with Gasteiger partial charge in [-0.25, -0.2) is 10.4 Å². The Bertz CT molecular complexity index is 610. The van der Waals surface area contributed by atoms with Gasteiger partial charge in [0.1, 0.15) is 6.33 Å². The summed E-state index contributed by atoms with van der Waals surface area (Å²) in [5, 5.41) is 19.4. The number of ether oxygens (including phenoxy) is 1. The number of carbonyl (C=O) groups is 1. The summed E-state index contributed by atoms with van der Waals surface area (Å²) < 4.78 is 5.20. The van der Waals surface area contributed by atoms with Crippen molar-refractivity contribution in [2.75, 3.05) is 6.61 Å². The van der Waals surface area contributed by atoms with Gasteiger partial charge in [0.05, 0.1) is 12.8 Å². The second-order valence-corrected chi connectivity index (χ2v) is 3.69. The number of amides is 1. The van der Waals surface area contributed by atoms with Crippen molar-refractivity contribution in [2.45, 2.75) is 6.92 Å². The van der Waals surface area contributed by atoms with Crippen LogP contribution >= 0.6 is 0 Å². The molecule has 1 heterocycles. The summed E-state index contributed by atoms with van der Waals surface area (Å²) >= 11 is 0. The number of nitrogens with zero attached hydrogens (tertiary/aromatic N) is 3. The van der Waals surface area contributed by atoms with Crippen LogP contribution in [0.4, 0.5) is 0 Å². The van der Waals surface area contributed by atoms with Crippen LogP contribution in [-0.4, -0.2) is 39.0 Å². The number of nitrogens with one attached hydrogen (secondary N) is 2. The number of hydrogen-bond donors (Lipinski definition) is 3. The van der Waals surface area contributed by atoms with Gasteiger partial charge in [0.15, 0.2) is 11.5 Å². The van der Waals surface area contributed by atoms with E-state index in [0.29, 0.717) is 17.9 Å². The highest BCUT2D eigenvalue weighted by Gasteiger charge is 2.06. The maximum Gasteiger partial charge on any atom is 0.308 e. The molecule has 8 heteroatoms. The van der Waals surface area contributed by atoms with E-state index < -0.39 is 5.91 Å². The molecule has 0 aliphatic rings. The van der Waals surface area contributed by atoms with E-state index in [4.69, 9.17) is 4.74 Å². The Morgan fingerprint density at radius 2 is 2.45 bits per heavy atom. The molecular weight excluding hydrogens is 262 g/mol. The molecule has 0 spiro atoms. The van der Waals surface area contributed by atoms with Crippen LogP contribution in [0.5, 0.6) is 11.5 Å². The average molecular weight is 275 g/mol. The molecule has 104 valence electrons. The Labute approximate surface area is 114 Å². The Morgan fingerprint density at radius 3 is 3.10 bits per heavy atom. The van der Waals surface area contributed by atoms with Gasteiger partial charge in [0.25, 0.3) is 0 Å². The van der Waals surface area contributed by atoms with Crippen LogP contribution in [0.2, 0.25) is 0 Å². The number of H-pyrrole nitrogens is 1. The Hall–Kier alpha value is -2.90. The fraction of sp³-hybridized carbons (Fsp3) is 0.167. The molecule has 2 aromatic rings. The van der Waals surface area contributed by atoms with Crippen LogP contribution in [0.3, 0.4) is 0 Å². The number of hydrogen-bond acceptors (Lipinski definition) is 6. The predicted molar refractivity (Wildman–Crippen MR) is 70.7 cm³/mol. The average Bonchev–Trinajstić information content (AvgIpc) is 2.96. The predicted octanol–water partition coefficient (Wildman–Crippen LogP) is 0.673. The van der Waals surface area contributed by atoms with Crippen molar-refractivity contribution in [1.29, 1.82) is 0 Å². The zero-order chi connectivity index (χ0) is 14.4. The molecule has 0 radical (unpaired) electrons. The molecule has 1 aromatic heterocycles. The molecule has 0 bridgehead atoms. The van der Waals surface area contributed by atoms with Crippen LogP contribution in [-0.2, 0) is 0 Å². The first-order valence-electron chi connectivity index (χ1n) is 5.85. The third-order valence-corrected chi connectivity index (χ3v) is 2.29. The fourth-order valence-corrected chi connectivity index (χ4v) is 1.43. The van der Waals surface area contributed by atoms with Crippen molar-refractivity contribution < 1.29 is 14.6 Å². The molecule has 1 amide bonds. The molecule has 1 aromatic carbocycles. The summed E-state index contributed by atoms with van der Waals surface area (Å²) in [4.78, 5) is 15.2. The summed E-state index contributed by atoms with van der Waals surface area (Å²) in [5.41, 5.74) is 2.89. The highest BCUT2D eigenvalue weighted by Crippen LogP contribution is 2.25. The quantitative estimate of drug-likeness (QED) is 0.548. The number of rotatable bonds is 5. The van der Waals surface area contributed by atoms with E-state index in [1.165, 1.54) is 18.6 Å². The number of carbonyl (C=O) groups excluding carboxylic acids is 1. The molecule has 0 unspecified atom stereocenters. The maximum absolute atomic E-state index is 11.5. The molecule has 2 rings (SSSR count). The van der Waals surface area contributed by atoms with Gasteiger partial charge >= 0.3 is 5.91 Å². The monoisotopic (exact) mass is 275 g/mol. The second kappa shape index (κ2) is 6.32. The molecule has 0 saturated carbocycles. The van der Waals surface area contributed by atoms with Crippen molar-refractivity contribution >= 4 is 12.1 Å². The highest BCUT2D eigenvalue weighted by atomic mass is 16.5. The fourth-order valence-electron chi connectivity index (χ4n) is 1.43. The summed E-state index contributed by atoms with van der Waals surface area (Å²) in [7, 11) is 0. The van der Waals surface area contributed by atoms with E-state index in [1.54, 1.807) is 12.1 Å². The van der Waals surface area contributed by atoms with Gasteiger partial charge in [0.2, 0.25) is 5.82 Å². The van der Waals surface area contributed by atoms with E-state index in [9.17, 15) is 9.90 Å². The topological polar surface area (TPSA) is 112 Å². The van der Waals surface area contributed by atoms with E-state index in [1.807, 2.05) is 6.92 Å². The second-order valence-electron chi connectivity index (χ2n) is 3.69. The molecule has 20 heavy (non-hydrogen) atoms. The molecule has 8 nitrogen and oxygen atoms in total. The first-order chi connectivity index (χ1) is 9.70. The minimum absolute atomic E-state index is 0.0114. The summed E-state index contributed by atoms with van der Waals surface area (Å²) in [5.74, 6) is -0.0293. The first kappa shape index (κ1) is 13.5. The van der Waals surface area contributed by atoms with E-state index in [0.717, 1.165) is 0 Å². The lowest BCUT2D eigenvalue weighted by molar-refractivity contribution is 0.0945. The van der Waals surface area contributed by atoms with Gasteiger partial charge in [0, 0.05) is 0 Å². The first-order valence-corrected chi connectivity index (χ1v) is 5.85. The number of benzene rings is 1. The lowest BCUT2D eigenvalue weighted by Gasteiger charge is -2.05. The van der Waals surface area contributed by atoms with Gasteiger partial charge in [-0.05, 0) is 30.7 Å². The zero-order valence-electron chi connectivity index (χ0n) is 10.7. The number of hydrazone groups is 1. The Morgan fingerprint density at radius 1 is 1.60 bits per heavy atom. The van der Waals surface area contributed by atoms with Crippen LogP contribution in [0, 0.1) is 0 Å². The van der Waals surface area contributed by atoms with Gasteiger partial charge in [-0.1, -0.05) is 0 Å². The summed E-state index contributed by atoms with van der Waals surface area (Å²) in [6.45, 7) is 2.29. The highest BCUT2D eigenvalue weighted by molar-refractivity contribution is 5.91. The molecule has 0 atom stereocenters. The van der Waals surface area contributed by atoms with Crippen molar-refractivity contribution in [3.63, 3.8) is 0 Å². The lowest BCUT2D eigenvalue weighted by Crippen LogP contribution is -2.19. The molecular formula is C12H13N5O3. The number of aromatic hydroxyl groups is 1. The molecule has 3 N–H and O–H groups in total. The van der Waals surface area contributed by atoms with Crippen molar-refractivity contribution in [3.8, 4) is 11.5 Å². The number of phenols is 1. The molecule has 0 fully saturated rings. The van der Waals surface area contributed by atoms with Gasteiger partial charge in [-0.3, -0.25) is 9.89 Å². The van der Waals surface area contributed by atoms with Gasteiger partial charge in [-0.2, -0.15) is 10.2 Å². The lowest BCUT2D eigenvalue weighted by atomic mass is 10.2. The van der Waals surface area contributed by atoms with Crippen LogP contribution in [0.25, 0.3) is 0 Å². The SMILES string of the molecule is CCOc1ccc(C=NNC(=O)c2ncn[nH]2)cc1O. The Balaban J connectivity index is 1.98. The van der Waals surface area contributed by atoms with Crippen LogP contribution < -0.4 is 10.2 Å². The molecule has 0 saturated heterocycles. The van der Waals surface area contributed by atoms with E-state index in [2.05, 4.69) is 25.7 Å². The van der Waals surface area contributed by atoms with Crippen LogP contribution in [0.1, 0.15) is 23.1 Å². The van der Waals surface area contributed by atoms with E-state index >= 15 is 0 Å². The Kier molecular flexibility index (Phi) is 4.28. The number of phenolic OH excluding ortho intramolecular Hbond substituents is 1. The van der Waals surface area contributed by atoms with Crippen molar-refractivity contribution in [2.24, 2.45) is 5.10 Å². The van der Waals surface area contributed by atoms with Gasteiger partial charge in [-0.15, -0.1) is 0 Å². The summed E-state index contributed by atoms with van der Waals surface area (Å²) in [6.07, 6.45) is 2.62. The normalized spacial score (nSPS) is 10.7. The summed E-state index contributed by atoms with van der Waals surface area (Å²) in [6, 6.07) is 4.81. The molecule has 0 aliphatic carbocycles. The van der Waals surface area contributed by atoms with Crippen molar-refractivity contribution in [3.05, 3.63) is 35.9 Å². The third kappa shape index (κ3) is 3.31. The minimum atomic E-state index is -0.506. The van der Waals surface area contributed by atoms with Gasteiger partial charge < -0.3 is 9.84 Å². The minimum Gasteiger partial charge on any atom is -0.504 e. The molecule has 0 aliphatic heterocycles. The smallest absolute Gasteiger partial charge is 0.308 e. The number of aromatic nitrogens is 3. The number of aromatic amines is 1. The zero-order valence-corrected chi connectivity index (χ0v) is 10.7. The standard InChI is InChI=1S/C12H13N5O3/c1-2-20-10-4-3-8(5-9(10)18)6-14-17-12(19)11-13-7-15-16-11/h3-7,18H,2H2,1H3,(H,17,19)(H,13,15,16). The van der Waals surface area contributed by atoms with Crippen molar-refractivity contribution in [1.82, 2.24) is 20.6 Å². The maximum atomic E-state index is 11.5. The van der Waals surface area contributed by atoms with E-state index in [-0.39, 0.29) is 11.6 Å².